The van der Waals surface area contributed by atoms with E-state index in [0.717, 1.165) is 24.3 Å². The third kappa shape index (κ3) is 4.59. The normalized spacial score (nSPS) is 32.4. The highest BCUT2D eigenvalue weighted by molar-refractivity contribution is 5.86. The van der Waals surface area contributed by atoms with Gasteiger partial charge in [0.25, 0.3) is 0 Å². The Kier molecular flexibility index (Phi) is 6.54. The van der Waals surface area contributed by atoms with Crippen LogP contribution in [0.2, 0.25) is 0 Å². The summed E-state index contributed by atoms with van der Waals surface area (Å²) < 4.78 is 4.67. The molecule has 0 aromatic heterocycles. The van der Waals surface area contributed by atoms with Crippen LogP contribution in [0.4, 0.5) is 0 Å². The molecule has 2 aliphatic carbocycles. The molecule has 3 rings (SSSR count). The summed E-state index contributed by atoms with van der Waals surface area (Å²) in [5, 5.41) is 19.5. The minimum Gasteiger partial charge on any atom is -0.428 e. The summed E-state index contributed by atoms with van der Waals surface area (Å²) in [5.74, 6) is 0.207. The quantitative estimate of drug-likeness (QED) is 0.375. The lowest BCUT2D eigenvalue weighted by Gasteiger charge is -2.55. The number of esters is 1. The van der Waals surface area contributed by atoms with Gasteiger partial charge >= 0.3 is 5.97 Å². The maximum atomic E-state index is 11.2. The minimum absolute atomic E-state index is 0.0132. The fourth-order valence-electron chi connectivity index (χ4n) is 6.04. The van der Waals surface area contributed by atoms with Crippen LogP contribution in [0, 0.1) is 16.7 Å². The van der Waals surface area contributed by atoms with Gasteiger partial charge in [-0.1, -0.05) is 56.6 Å². The molecule has 0 aromatic rings. The molecule has 4 heteroatoms. The Morgan fingerprint density at radius 3 is 2.72 bits per heavy atom. The van der Waals surface area contributed by atoms with E-state index in [1.165, 1.54) is 38.2 Å². The molecule has 0 saturated heterocycles. The molecule has 0 amide bonds. The van der Waals surface area contributed by atoms with Gasteiger partial charge in [-0.15, -0.1) is 0 Å². The van der Waals surface area contributed by atoms with Crippen molar-refractivity contribution in [3.63, 3.8) is 0 Å². The highest BCUT2D eigenvalue weighted by atomic mass is 16.6. The molecule has 0 radical (unpaired) electrons. The van der Waals surface area contributed by atoms with Crippen molar-refractivity contribution in [1.82, 2.24) is 0 Å². The lowest BCUT2D eigenvalue weighted by atomic mass is 9.50. The van der Waals surface area contributed by atoms with E-state index in [1.807, 2.05) is 6.08 Å². The van der Waals surface area contributed by atoms with Gasteiger partial charge in [-0.05, 0) is 67.8 Å². The standard InChI is InChI=1S/C25H36O4/c1-17-9-12-21-24(2,3)13-6-14-25(21,4)20(17)11-10-18(16-26)7-5-8-19-15-22(27)29-23(19)28/h5,7-8,15,21,23,26,28H,6,9-14,16H2,1-4H3. The fourth-order valence-corrected chi connectivity index (χ4v) is 6.04. The fraction of sp³-hybridized carbons (Fsp3) is 0.640. The Balaban J connectivity index is 1.71. The maximum Gasteiger partial charge on any atom is 0.333 e. The zero-order valence-corrected chi connectivity index (χ0v) is 18.3. The number of hydrogen-bond donors (Lipinski definition) is 2. The highest BCUT2D eigenvalue weighted by Crippen LogP contribution is 2.60. The number of ether oxygens (including phenoxy) is 1. The van der Waals surface area contributed by atoms with Crippen LogP contribution in [0.25, 0.3) is 0 Å². The third-order valence-electron chi connectivity index (χ3n) is 7.56. The largest absolute Gasteiger partial charge is 0.428 e. The number of cyclic esters (lactones) is 1. The lowest BCUT2D eigenvalue weighted by molar-refractivity contribution is -0.150. The number of carbonyl (C=O) groups is 1. The number of allylic oxidation sites excluding steroid dienone is 4. The van der Waals surface area contributed by atoms with Gasteiger partial charge in [0.15, 0.2) is 0 Å². The second kappa shape index (κ2) is 8.61. The molecule has 3 unspecified atom stereocenters. The van der Waals surface area contributed by atoms with Gasteiger partial charge in [-0.25, -0.2) is 4.79 Å². The zero-order chi connectivity index (χ0) is 21.2. The number of hydrogen-bond acceptors (Lipinski definition) is 4. The van der Waals surface area contributed by atoms with Crippen molar-refractivity contribution < 1.29 is 19.7 Å². The summed E-state index contributed by atoms with van der Waals surface area (Å²) in [6, 6.07) is 0. The smallest absolute Gasteiger partial charge is 0.333 e. The second-order valence-corrected chi connectivity index (χ2v) is 9.89. The molecule has 0 spiro atoms. The number of rotatable bonds is 6. The van der Waals surface area contributed by atoms with E-state index < -0.39 is 12.3 Å². The predicted molar refractivity (Wildman–Crippen MR) is 115 cm³/mol. The number of carbonyl (C=O) groups excluding carboxylic acids is 1. The van der Waals surface area contributed by atoms with Crippen LogP contribution in [-0.2, 0) is 9.53 Å². The van der Waals surface area contributed by atoms with Gasteiger partial charge in [0.1, 0.15) is 0 Å². The Bertz CT molecular complexity index is 768. The van der Waals surface area contributed by atoms with E-state index in [2.05, 4.69) is 32.4 Å². The third-order valence-corrected chi connectivity index (χ3v) is 7.56. The summed E-state index contributed by atoms with van der Waals surface area (Å²) in [7, 11) is 0. The van der Waals surface area contributed by atoms with E-state index in [0.29, 0.717) is 11.0 Å². The van der Waals surface area contributed by atoms with Crippen molar-refractivity contribution in [2.75, 3.05) is 6.61 Å². The Hall–Kier alpha value is -1.65. The van der Waals surface area contributed by atoms with Crippen LogP contribution in [0.15, 0.2) is 46.6 Å². The number of aliphatic hydroxyl groups excluding tert-OH is 2. The van der Waals surface area contributed by atoms with Crippen molar-refractivity contribution in [2.45, 2.75) is 78.9 Å². The summed E-state index contributed by atoms with van der Waals surface area (Å²) in [5.41, 5.74) is 5.22. The van der Waals surface area contributed by atoms with Crippen LogP contribution >= 0.6 is 0 Å². The van der Waals surface area contributed by atoms with Crippen molar-refractivity contribution in [3.05, 3.63) is 46.6 Å². The lowest BCUT2D eigenvalue weighted by Crippen LogP contribution is -2.45. The summed E-state index contributed by atoms with van der Waals surface area (Å²) in [4.78, 5) is 11.2. The van der Waals surface area contributed by atoms with E-state index in [1.54, 1.807) is 23.3 Å². The molecule has 2 N–H and O–H groups in total. The minimum atomic E-state index is -1.19. The monoisotopic (exact) mass is 400 g/mol. The maximum absolute atomic E-state index is 11.2. The van der Waals surface area contributed by atoms with Crippen molar-refractivity contribution in [3.8, 4) is 0 Å². The average Bonchev–Trinajstić information content (AvgIpc) is 2.96. The Morgan fingerprint density at radius 1 is 1.31 bits per heavy atom. The van der Waals surface area contributed by atoms with E-state index >= 15 is 0 Å². The molecule has 3 aliphatic rings. The van der Waals surface area contributed by atoms with Gasteiger partial charge in [-0.3, -0.25) is 0 Å². The van der Waals surface area contributed by atoms with Gasteiger partial charge < -0.3 is 14.9 Å². The van der Waals surface area contributed by atoms with Crippen molar-refractivity contribution in [1.29, 1.82) is 0 Å². The molecule has 1 saturated carbocycles. The SMILES string of the molecule is CC1=C(CCC(=CC=CC2=CC(=O)OC2O)CO)C2(C)CCCC(C)(C)C2CC1. The van der Waals surface area contributed by atoms with Gasteiger partial charge in [-0.2, -0.15) is 0 Å². The Morgan fingerprint density at radius 2 is 2.07 bits per heavy atom. The molecular weight excluding hydrogens is 364 g/mol. The van der Waals surface area contributed by atoms with Gasteiger partial charge in [0.05, 0.1) is 6.61 Å². The Labute approximate surface area is 175 Å². The number of aliphatic hydroxyl groups is 2. The molecule has 160 valence electrons. The van der Waals surface area contributed by atoms with Crippen molar-refractivity contribution >= 4 is 5.97 Å². The first kappa shape index (κ1) is 22.0. The molecule has 1 fully saturated rings. The first-order valence-corrected chi connectivity index (χ1v) is 10.9. The molecule has 3 atom stereocenters. The molecule has 0 aromatic carbocycles. The van der Waals surface area contributed by atoms with Crippen LogP contribution in [0.1, 0.15) is 72.6 Å². The van der Waals surface area contributed by atoms with Crippen LogP contribution in [0.3, 0.4) is 0 Å². The summed E-state index contributed by atoms with van der Waals surface area (Å²) in [6.45, 7) is 9.67. The zero-order valence-electron chi connectivity index (χ0n) is 18.3. The average molecular weight is 401 g/mol. The molecule has 4 nitrogen and oxygen atoms in total. The summed E-state index contributed by atoms with van der Waals surface area (Å²) in [6.07, 6.45) is 13.6. The van der Waals surface area contributed by atoms with Crippen molar-refractivity contribution in [2.24, 2.45) is 16.7 Å². The van der Waals surface area contributed by atoms with E-state index in [4.69, 9.17) is 0 Å². The molecule has 1 heterocycles. The first-order chi connectivity index (χ1) is 13.7. The van der Waals surface area contributed by atoms with Crippen LogP contribution in [0.5, 0.6) is 0 Å². The highest BCUT2D eigenvalue weighted by Gasteiger charge is 2.49. The van der Waals surface area contributed by atoms with Crippen LogP contribution < -0.4 is 0 Å². The molecule has 0 bridgehead atoms. The van der Waals surface area contributed by atoms with E-state index in [9.17, 15) is 15.0 Å². The number of fused-ring (bicyclic) bond motifs is 1. The molecule has 1 aliphatic heterocycles. The topological polar surface area (TPSA) is 66.8 Å². The van der Waals surface area contributed by atoms with Gasteiger partial charge in [0, 0.05) is 11.6 Å². The second-order valence-electron chi connectivity index (χ2n) is 9.89. The predicted octanol–water partition coefficient (Wildman–Crippen LogP) is 4.99. The van der Waals surface area contributed by atoms with Gasteiger partial charge in [0.2, 0.25) is 6.29 Å². The van der Waals surface area contributed by atoms with E-state index in [-0.39, 0.29) is 12.0 Å². The first-order valence-electron chi connectivity index (χ1n) is 10.9. The van der Waals surface area contributed by atoms with Crippen LogP contribution in [-0.4, -0.2) is 29.1 Å². The summed E-state index contributed by atoms with van der Waals surface area (Å²) >= 11 is 0. The molecule has 29 heavy (non-hydrogen) atoms. The molecular formula is C25H36O4.